The predicted molar refractivity (Wildman–Crippen MR) is 53.5 cm³/mol. The fourth-order valence-corrected chi connectivity index (χ4v) is 2.26. The first-order valence-electron chi connectivity index (χ1n) is 5.43. The summed E-state index contributed by atoms with van der Waals surface area (Å²) in [5.74, 6) is 0.977. The van der Waals surface area contributed by atoms with E-state index < -0.39 is 0 Å². The van der Waals surface area contributed by atoms with E-state index >= 15 is 0 Å². The van der Waals surface area contributed by atoms with Gasteiger partial charge in [0.05, 0.1) is 12.0 Å². The molecular weight excluding hydrogens is 160 g/mol. The van der Waals surface area contributed by atoms with Crippen LogP contribution < -0.4 is 0 Å². The van der Waals surface area contributed by atoms with Crippen LogP contribution in [0.15, 0.2) is 12.5 Å². The largest absolute Gasteiger partial charge is 0.351 e. The highest BCUT2D eigenvalue weighted by Crippen LogP contribution is 2.27. The Balaban J connectivity index is 1.72. The zero-order valence-electron chi connectivity index (χ0n) is 8.13. The van der Waals surface area contributed by atoms with Crippen molar-refractivity contribution in [1.29, 1.82) is 0 Å². The number of nitrogens with one attached hydrogen (secondary N) is 1. The van der Waals surface area contributed by atoms with Crippen LogP contribution in [0.3, 0.4) is 0 Å². The van der Waals surface area contributed by atoms with Crippen molar-refractivity contribution in [2.75, 3.05) is 0 Å². The van der Waals surface area contributed by atoms with Gasteiger partial charge in [-0.2, -0.15) is 0 Å². The molecule has 1 N–H and O–H groups in total. The lowest BCUT2D eigenvalue weighted by molar-refractivity contribution is 0.338. The molecule has 1 aliphatic rings. The molecule has 0 aliphatic heterocycles. The van der Waals surface area contributed by atoms with Gasteiger partial charge in [0.25, 0.3) is 0 Å². The average Bonchev–Trinajstić information content (AvgIpc) is 2.69. The van der Waals surface area contributed by atoms with E-state index in [1.807, 2.05) is 6.20 Å². The molecule has 0 amide bonds. The third kappa shape index (κ3) is 2.58. The Morgan fingerprint density at radius 3 is 2.85 bits per heavy atom. The number of nitrogens with zero attached hydrogens (tertiary/aromatic N) is 1. The molecule has 0 saturated heterocycles. The van der Waals surface area contributed by atoms with Crippen LogP contribution in [0.25, 0.3) is 0 Å². The molecule has 0 atom stereocenters. The van der Waals surface area contributed by atoms with Crippen LogP contribution in [0.2, 0.25) is 0 Å². The van der Waals surface area contributed by atoms with Crippen LogP contribution in [0.5, 0.6) is 0 Å². The van der Waals surface area contributed by atoms with Crippen LogP contribution in [0.1, 0.15) is 44.2 Å². The minimum Gasteiger partial charge on any atom is -0.351 e. The van der Waals surface area contributed by atoms with E-state index in [9.17, 15) is 0 Å². The van der Waals surface area contributed by atoms with Crippen LogP contribution >= 0.6 is 0 Å². The molecule has 2 nitrogen and oxygen atoms in total. The fraction of sp³-hybridized carbons (Fsp3) is 0.727. The Bertz CT molecular complexity index is 222. The maximum Gasteiger partial charge on any atom is 0.0923 e. The molecule has 2 rings (SSSR count). The summed E-state index contributed by atoms with van der Waals surface area (Å²) in [6, 6.07) is 0. The first kappa shape index (κ1) is 8.79. The molecule has 1 fully saturated rings. The van der Waals surface area contributed by atoms with Crippen LogP contribution in [0, 0.1) is 5.92 Å². The molecule has 0 bridgehead atoms. The summed E-state index contributed by atoms with van der Waals surface area (Å²) in [4.78, 5) is 7.25. The Morgan fingerprint density at radius 1 is 1.31 bits per heavy atom. The van der Waals surface area contributed by atoms with Crippen molar-refractivity contribution in [2.24, 2.45) is 5.92 Å². The molecule has 1 aromatic rings. The van der Waals surface area contributed by atoms with E-state index in [0.29, 0.717) is 0 Å². The summed E-state index contributed by atoms with van der Waals surface area (Å²) in [5, 5.41) is 0. The lowest BCUT2D eigenvalue weighted by Gasteiger charge is -2.20. The van der Waals surface area contributed by atoms with E-state index in [1.54, 1.807) is 6.33 Å². The lowest BCUT2D eigenvalue weighted by atomic mass is 9.86. The van der Waals surface area contributed by atoms with Crippen LogP contribution in [-0.4, -0.2) is 9.97 Å². The van der Waals surface area contributed by atoms with Crippen molar-refractivity contribution < 1.29 is 0 Å². The molecular formula is C11H18N2. The van der Waals surface area contributed by atoms with Gasteiger partial charge in [-0.15, -0.1) is 0 Å². The van der Waals surface area contributed by atoms with Crippen molar-refractivity contribution >= 4 is 0 Å². The van der Waals surface area contributed by atoms with Crippen molar-refractivity contribution in [1.82, 2.24) is 9.97 Å². The van der Waals surface area contributed by atoms with Gasteiger partial charge in [0.1, 0.15) is 0 Å². The Labute approximate surface area is 79.8 Å². The number of H-pyrrole nitrogens is 1. The third-order valence-corrected chi connectivity index (χ3v) is 3.09. The first-order chi connectivity index (χ1) is 6.45. The summed E-state index contributed by atoms with van der Waals surface area (Å²) in [6.45, 7) is 0. The van der Waals surface area contributed by atoms with Crippen molar-refractivity contribution in [3.05, 3.63) is 18.2 Å². The van der Waals surface area contributed by atoms with Crippen LogP contribution in [-0.2, 0) is 6.42 Å². The van der Waals surface area contributed by atoms with Gasteiger partial charge in [0.15, 0.2) is 0 Å². The Kier molecular flexibility index (Phi) is 3.01. The molecule has 1 aromatic heterocycles. The smallest absolute Gasteiger partial charge is 0.0923 e. The van der Waals surface area contributed by atoms with Gasteiger partial charge in [0.2, 0.25) is 0 Å². The summed E-state index contributed by atoms with van der Waals surface area (Å²) in [6.07, 6.45) is 13.5. The molecule has 0 radical (unpaired) electrons. The molecule has 0 unspecified atom stereocenters. The highest BCUT2D eigenvalue weighted by Gasteiger charge is 2.13. The minimum absolute atomic E-state index is 0.977. The lowest BCUT2D eigenvalue weighted by Crippen LogP contribution is -2.07. The second-order valence-electron chi connectivity index (χ2n) is 4.10. The van der Waals surface area contributed by atoms with Gasteiger partial charge in [0, 0.05) is 6.20 Å². The SMILES string of the molecule is c1nc(CCC2CCCCC2)c[nH]1. The van der Waals surface area contributed by atoms with Gasteiger partial charge in [-0.1, -0.05) is 32.1 Å². The van der Waals surface area contributed by atoms with E-state index in [1.165, 1.54) is 44.2 Å². The van der Waals surface area contributed by atoms with Gasteiger partial charge < -0.3 is 4.98 Å². The summed E-state index contributed by atoms with van der Waals surface area (Å²) in [5.41, 5.74) is 1.23. The van der Waals surface area contributed by atoms with E-state index in [2.05, 4.69) is 9.97 Å². The zero-order valence-corrected chi connectivity index (χ0v) is 8.13. The second-order valence-corrected chi connectivity index (χ2v) is 4.10. The molecule has 1 saturated carbocycles. The summed E-state index contributed by atoms with van der Waals surface area (Å²) >= 11 is 0. The standard InChI is InChI=1S/C11H18N2/c1-2-4-10(5-3-1)6-7-11-8-12-9-13-11/h8-10H,1-7H2,(H,12,13). The highest BCUT2D eigenvalue weighted by atomic mass is 14.9. The number of aromatic nitrogens is 2. The average molecular weight is 178 g/mol. The highest BCUT2D eigenvalue weighted by molar-refractivity contribution is 4.94. The predicted octanol–water partition coefficient (Wildman–Crippen LogP) is 2.92. The first-order valence-corrected chi connectivity index (χ1v) is 5.43. The van der Waals surface area contributed by atoms with Crippen molar-refractivity contribution in [2.45, 2.75) is 44.9 Å². The fourth-order valence-electron chi connectivity index (χ4n) is 2.26. The molecule has 1 aliphatic carbocycles. The van der Waals surface area contributed by atoms with E-state index in [0.717, 1.165) is 12.3 Å². The molecule has 72 valence electrons. The molecule has 0 aromatic carbocycles. The molecule has 1 heterocycles. The van der Waals surface area contributed by atoms with Crippen molar-refractivity contribution in [3.8, 4) is 0 Å². The quantitative estimate of drug-likeness (QED) is 0.757. The number of rotatable bonds is 3. The maximum atomic E-state index is 4.25. The number of hydrogen-bond donors (Lipinski definition) is 1. The van der Waals surface area contributed by atoms with Crippen molar-refractivity contribution in [3.63, 3.8) is 0 Å². The number of imidazole rings is 1. The molecule has 2 heteroatoms. The summed E-state index contributed by atoms with van der Waals surface area (Å²) in [7, 11) is 0. The minimum atomic E-state index is 0.977. The summed E-state index contributed by atoms with van der Waals surface area (Å²) < 4.78 is 0. The van der Waals surface area contributed by atoms with Gasteiger partial charge >= 0.3 is 0 Å². The van der Waals surface area contributed by atoms with E-state index in [4.69, 9.17) is 0 Å². The van der Waals surface area contributed by atoms with Crippen LogP contribution in [0.4, 0.5) is 0 Å². The zero-order chi connectivity index (χ0) is 8.93. The Hall–Kier alpha value is -0.790. The maximum absolute atomic E-state index is 4.25. The monoisotopic (exact) mass is 178 g/mol. The van der Waals surface area contributed by atoms with Gasteiger partial charge in [-0.25, -0.2) is 4.98 Å². The number of aryl methyl sites for hydroxylation is 1. The van der Waals surface area contributed by atoms with E-state index in [-0.39, 0.29) is 0 Å². The van der Waals surface area contributed by atoms with Gasteiger partial charge in [-0.3, -0.25) is 0 Å². The normalized spacial score (nSPS) is 19.1. The topological polar surface area (TPSA) is 28.7 Å². The van der Waals surface area contributed by atoms with Gasteiger partial charge in [-0.05, 0) is 18.8 Å². The molecule has 13 heavy (non-hydrogen) atoms. The second kappa shape index (κ2) is 4.45. The molecule has 0 spiro atoms. The number of hydrogen-bond acceptors (Lipinski definition) is 1. The Morgan fingerprint density at radius 2 is 2.15 bits per heavy atom. The number of aromatic amines is 1. The third-order valence-electron chi connectivity index (χ3n) is 3.09.